The number of aryl methyl sites for hydroxylation is 2. The van der Waals surface area contributed by atoms with Crippen molar-refractivity contribution < 1.29 is 14.0 Å². The number of hydrogen-bond acceptors (Lipinski definition) is 4. The van der Waals surface area contributed by atoms with E-state index >= 15 is 0 Å². The first-order valence-electron chi connectivity index (χ1n) is 8.15. The lowest BCUT2D eigenvalue weighted by atomic mass is 10.1. The van der Waals surface area contributed by atoms with Crippen LogP contribution in [-0.4, -0.2) is 39.6 Å². The molecule has 1 aliphatic heterocycles. The fraction of sp³-hybridized carbons (Fsp3) is 0.471. The van der Waals surface area contributed by atoms with E-state index in [1.54, 1.807) is 33.9 Å². The van der Waals surface area contributed by atoms with E-state index in [4.69, 9.17) is 4.42 Å². The Morgan fingerprint density at radius 1 is 1.50 bits per heavy atom. The lowest BCUT2D eigenvalue weighted by molar-refractivity contribution is -0.134. The van der Waals surface area contributed by atoms with Crippen LogP contribution in [0.25, 0.3) is 0 Å². The highest BCUT2D eigenvalue weighted by atomic mass is 16.3. The van der Waals surface area contributed by atoms with Gasteiger partial charge in [-0.1, -0.05) is 6.92 Å². The Kier molecular flexibility index (Phi) is 4.42. The zero-order valence-electron chi connectivity index (χ0n) is 14.2. The first kappa shape index (κ1) is 16.3. The van der Waals surface area contributed by atoms with Gasteiger partial charge in [0.15, 0.2) is 0 Å². The number of furan rings is 1. The molecule has 3 rings (SSSR count). The van der Waals surface area contributed by atoms with Crippen molar-refractivity contribution in [1.29, 1.82) is 0 Å². The predicted molar refractivity (Wildman–Crippen MR) is 88.3 cm³/mol. The molecule has 0 saturated carbocycles. The third-order valence-corrected chi connectivity index (χ3v) is 4.27. The van der Waals surface area contributed by atoms with Gasteiger partial charge in [-0.2, -0.15) is 5.10 Å². The van der Waals surface area contributed by atoms with E-state index in [2.05, 4.69) is 5.10 Å². The summed E-state index contributed by atoms with van der Waals surface area (Å²) in [4.78, 5) is 28.6. The quantitative estimate of drug-likeness (QED) is 0.840. The van der Waals surface area contributed by atoms with Crippen molar-refractivity contribution in [3.63, 3.8) is 0 Å². The molecule has 7 heteroatoms. The number of hydrogen-bond donors (Lipinski definition) is 0. The van der Waals surface area contributed by atoms with E-state index in [0.717, 1.165) is 5.69 Å². The summed E-state index contributed by atoms with van der Waals surface area (Å²) in [6.45, 7) is 4.74. The Morgan fingerprint density at radius 2 is 2.29 bits per heavy atom. The fourth-order valence-corrected chi connectivity index (χ4v) is 3.11. The van der Waals surface area contributed by atoms with Gasteiger partial charge in [0, 0.05) is 19.5 Å². The standard InChI is InChI=1S/C17H22N4O3/c1-4-14(17(23)19(3)11-13-6-5-9-24-13)21-15-10-12(2)18-20(15)8-7-16(21)22/h5-6,9-10,14H,4,7-8,11H2,1-3H3. The Bertz CT molecular complexity index is 735. The number of nitrogens with zero attached hydrogens (tertiary/aromatic N) is 4. The van der Waals surface area contributed by atoms with Gasteiger partial charge in [-0.25, -0.2) is 4.68 Å². The van der Waals surface area contributed by atoms with Crippen LogP contribution in [0.2, 0.25) is 0 Å². The van der Waals surface area contributed by atoms with Gasteiger partial charge in [-0.05, 0) is 25.5 Å². The third-order valence-electron chi connectivity index (χ3n) is 4.27. The smallest absolute Gasteiger partial charge is 0.245 e. The van der Waals surface area contributed by atoms with E-state index in [-0.39, 0.29) is 11.8 Å². The van der Waals surface area contributed by atoms with Gasteiger partial charge in [0.05, 0.1) is 25.0 Å². The first-order chi connectivity index (χ1) is 11.5. The lowest BCUT2D eigenvalue weighted by Gasteiger charge is -2.35. The van der Waals surface area contributed by atoms with Gasteiger partial charge in [-0.15, -0.1) is 0 Å². The van der Waals surface area contributed by atoms with Gasteiger partial charge in [0.1, 0.15) is 17.6 Å². The van der Waals surface area contributed by atoms with Gasteiger partial charge in [-0.3, -0.25) is 14.5 Å². The molecule has 1 unspecified atom stereocenters. The summed E-state index contributed by atoms with van der Waals surface area (Å²) in [6.07, 6.45) is 2.48. The van der Waals surface area contributed by atoms with Crippen molar-refractivity contribution in [3.8, 4) is 0 Å². The number of aromatic nitrogens is 2. The molecule has 0 aliphatic carbocycles. The van der Waals surface area contributed by atoms with Crippen molar-refractivity contribution in [2.24, 2.45) is 0 Å². The summed E-state index contributed by atoms with van der Waals surface area (Å²) in [6, 6.07) is 4.95. The van der Waals surface area contributed by atoms with Crippen LogP contribution in [0.3, 0.4) is 0 Å². The van der Waals surface area contributed by atoms with Crippen LogP contribution < -0.4 is 4.90 Å². The molecule has 0 fully saturated rings. The van der Waals surface area contributed by atoms with E-state index in [1.165, 1.54) is 0 Å². The number of carbonyl (C=O) groups is 2. The van der Waals surface area contributed by atoms with E-state index in [1.807, 2.05) is 26.0 Å². The van der Waals surface area contributed by atoms with Crippen LogP contribution >= 0.6 is 0 Å². The summed E-state index contributed by atoms with van der Waals surface area (Å²) >= 11 is 0. The molecule has 2 aromatic heterocycles. The molecule has 24 heavy (non-hydrogen) atoms. The molecule has 0 saturated heterocycles. The molecule has 128 valence electrons. The van der Waals surface area contributed by atoms with Gasteiger partial charge >= 0.3 is 0 Å². The van der Waals surface area contributed by atoms with Crippen LogP contribution in [0.4, 0.5) is 5.82 Å². The molecule has 3 heterocycles. The molecular weight excluding hydrogens is 308 g/mol. The highest BCUT2D eigenvalue weighted by Crippen LogP contribution is 2.26. The minimum absolute atomic E-state index is 0.0333. The molecule has 0 radical (unpaired) electrons. The predicted octanol–water partition coefficient (Wildman–Crippen LogP) is 1.96. The summed E-state index contributed by atoms with van der Waals surface area (Å²) in [7, 11) is 1.73. The zero-order chi connectivity index (χ0) is 17.3. The summed E-state index contributed by atoms with van der Waals surface area (Å²) < 4.78 is 7.11. The molecule has 1 atom stereocenters. The molecule has 1 aliphatic rings. The second kappa shape index (κ2) is 6.51. The molecule has 0 bridgehead atoms. The van der Waals surface area contributed by atoms with Crippen LogP contribution in [0, 0.1) is 6.92 Å². The maximum atomic E-state index is 12.9. The average molecular weight is 330 g/mol. The lowest BCUT2D eigenvalue weighted by Crippen LogP contribution is -2.52. The zero-order valence-corrected chi connectivity index (χ0v) is 14.2. The van der Waals surface area contributed by atoms with Crippen LogP contribution in [0.15, 0.2) is 28.9 Å². The van der Waals surface area contributed by atoms with Crippen molar-refractivity contribution in [2.75, 3.05) is 11.9 Å². The van der Waals surface area contributed by atoms with Crippen LogP contribution in [0.1, 0.15) is 31.2 Å². The highest BCUT2D eigenvalue weighted by molar-refractivity contribution is 6.00. The van der Waals surface area contributed by atoms with Gasteiger partial charge in [0.25, 0.3) is 0 Å². The minimum atomic E-state index is -0.535. The Balaban J connectivity index is 1.84. The van der Waals surface area contributed by atoms with E-state index in [0.29, 0.717) is 37.5 Å². The van der Waals surface area contributed by atoms with Crippen molar-refractivity contribution >= 4 is 17.6 Å². The minimum Gasteiger partial charge on any atom is -0.467 e. The SMILES string of the molecule is CCC(C(=O)N(C)Cc1ccco1)N1C(=O)CCn2nc(C)cc21. The molecule has 0 N–H and O–H groups in total. The Hall–Kier alpha value is -2.57. The van der Waals surface area contributed by atoms with Gasteiger partial charge < -0.3 is 9.32 Å². The third kappa shape index (κ3) is 2.93. The maximum absolute atomic E-state index is 12.9. The molecular formula is C17H22N4O3. The molecule has 2 amide bonds. The monoisotopic (exact) mass is 330 g/mol. The second-order valence-corrected chi connectivity index (χ2v) is 6.08. The number of amides is 2. The molecule has 7 nitrogen and oxygen atoms in total. The maximum Gasteiger partial charge on any atom is 0.245 e. The molecule has 2 aromatic rings. The van der Waals surface area contributed by atoms with Crippen LogP contribution in [-0.2, 0) is 22.7 Å². The van der Waals surface area contributed by atoms with E-state index in [9.17, 15) is 9.59 Å². The fourth-order valence-electron chi connectivity index (χ4n) is 3.11. The summed E-state index contributed by atoms with van der Waals surface area (Å²) in [5, 5.41) is 4.40. The number of fused-ring (bicyclic) bond motifs is 1. The van der Waals surface area contributed by atoms with Crippen molar-refractivity contribution in [3.05, 3.63) is 35.9 Å². The number of rotatable bonds is 5. The number of anilines is 1. The van der Waals surface area contributed by atoms with Crippen molar-refractivity contribution in [2.45, 2.75) is 45.8 Å². The molecule has 0 spiro atoms. The van der Waals surface area contributed by atoms with Gasteiger partial charge in [0.2, 0.25) is 11.8 Å². The largest absolute Gasteiger partial charge is 0.467 e. The van der Waals surface area contributed by atoms with Crippen molar-refractivity contribution in [1.82, 2.24) is 14.7 Å². The first-order valence-corrected chi connectivity index (χ1v) is 8.15. The Morgan fingerprint density at radius 3 is 2.96 bits per heavy atom. The number of carbonyl (C=O) groups excluding carboxylic acids is 2. The second-order valence-electron chi connectivity index (χ2n) is 6.08. The summed E-state index contributed by atoms with van der Waals surface area (Å²) in [5.41, 5.74) is 0.843. The average Bonchev–Trinajstić information content (AvgIpc) is 3.18. The normalized spacial score (nSPS) is 15.3. The topological polar surface area (TPSA) is 71.6 Å². The van der Waals surface area contributed by atoms with Crippen LogP contribution in [0.5, 0.6) is 0 Å². The van der Waals surface area contributed by atoms with E-state index < -0.39 is 6.04 Å². The molecule has 0 aromatic carbocycles. The number of likely N-dealkylation sites (N-methyl/N-ethyl adjacent to an activating group) is 1. The Labute approximate surface area is 140 Å². The highest BCUT2D eigenvalue weighted by Gasteiger charge is 2.36. The summed E-state index contributed by atoms with van der Waals surface area (Å²) in [5.74, 6) is 1.28.